The average molecular weight is 453 g/mol. The summed E-state index contributed by atoms with van der Waals surface area (Å²) in [4.78, 5) is 23.4. The van der Waals surface area contributed by atoms with Crippen molar-refractivity contribution in [3.05, 3.63) is 56.4 Å². The minimum Gasteiger partial charge on any atom is -0.542 e. The molecule has 2 aromatic carbocycles. The van der Waals surface area contributed by atoms with Gasteiger partial charge in [0.2, 0.25) is 0 Å². The smallest absolute Gasteiger partial charge is 0.542 e. The average Bonchev–Trinajstić information content (AvgIpc) is 2.59. The molecule has 1 aliphatic rings. The number of ether oxygens (including phenoxy) is 2. The number of carbonyl (C=O) groups excluding carboxylic acids is 1. The van der Waals surface area contributed by atoms with Gasteiger partial charge in [-0.05, 0) is 53.5 Å². The Morgan fingerprint density at radius 3 is 2.50 bits per heavy atom. The van der Waals surface area contributed by atoms with Crippen LogP contribution >= 0.6 is 15.9 Å². The number of halogens is 1. The summed E-state index contributed by atoms with van der Waals surface area (Å²) in [5.41, 5.74) is 1.51. The molecule has 0 N–H and O–H groups in total. The molecule has 1 aliphatic heterocycles. The Hall–Kier alpha value is -1.80. The molecule has 0 saturated heterocycles. The van der Waals surface area contributed by atoms with Gasteiger partial charge in [0, 0.05) is 23.3 Å². The Bertz CT molecular complexity index is 1180. The van der Waals surface area contributed by atoms with Gasteiger partial charge in [-0.2, -0.15) is 0 Å². The molecule has 0 aliphatic carbocycles. The van der Waals surface area contributed by atoms with E-state index >= 15 is 0 Å². The minimum absolute atomic E-state index is 0. The van der Waals surface area contributed by atoms with E-state index in [0.29, 0.717) is 17.1 Å². The number of hydrogen-bond acceptors (Lipinski definition) is 6. The van der Waals surface area contributed by atoms with Crippen LogP contribution in [0.25, 0.3) is 22.1 Å². The second-order valence-electron chi connectivity index (χ2n) is 6.75. The van der Waals surface area contributed by atoms with Gasteiger partial charge in [0.25, 0.3) is 0 Å². The predicted molar refractivity (Wildman–Crippen MR) is 100 cm³/mol. The predicted octanol–water partition coefficient (Wildman–Crippen LogP) is 0.226. The summed E-state index contributed by atoms with van der Waals surface area (Å²) in [5.74, 6) is -0.895. The summed E-state index contributed by atoms with van der Waals surface area (Å²) in [6.45, 7) is 3.83. The second kappa shape index (κ2) is 7.22. The van der Waals surface area contributed by atoms with Crippen molar-refractivity contribution in [2.75, 3.05) is 7.11 Å². The Morgan fingerprint density at radius 1 is 1.14 bits per heavy atom. The zero-order valence-electron chi connectivity index (χ0n) is 15.7. The van der Waals surface area contributed by atoms with Crippen molar-refractivity contribution in [1.29, 1.82) is 0 Å². The molecule has 0 radical (unpaired) electrons. The summed E-state index contributed by atoms with van der Waals surface area (Å²) in [7, 11) is 1.59. The number of hydrogen-bond donors (Lipinski definition) is 0. The number of carbonyl (C=O) groups is 1. The summed E-state index contributed by atoms with van der Waals surface area (Å²) in [6.07, 6.45) is 0. The molecule has 0 unspecified atom stereocenters. The topological polar surface area (TPSA) is 88.8 Å². The third-order valence-corrected chi connectivity index (χ3v) is 5.25. The van der Waals surface area contributed by atoms with Crippen molar-refractivity contribution in [1.82, 2.24) is 0 Å². The molecule has 0 atom stereocenters. The standard InChI is InChI=1S/C20H15BrO6.Na/c1-20(2)12-6-17(25-3)13(21)5-9(12)10-4-11-14(22)7-18(19(23)24)26-15(11)8-16(10)27-20;/h4-8H,1-3H3,(H,23,24);/q;+1/p-1. The van der Waals surface area contributed by atoms with Gasteiger partial charge in [-0.3, -0.25) is 4.79 Å². The van der Waals surface area contributed by atoms with Crippen LogP contribution in [0, 0.1) is 0 Å². The van der Waals surface area contributed by atoms with Gasteiger partial charge in [-0.15, -0.1) is 0 Å². The van der Waals surface area contributed by atoms with Crippen LogP contribution in [0.3, 0.4) is 0 Å². The van der Waals surface area contributed by atoms with Crippen molar-refractivity contribution in [2.24, 2.45) is 0 Å². The zero-order valence-corrected chi connectivity index (χ0v) is 19.3. The zero-order chi connectivity index (χ0) is 19.5. The van der Waals surface area contributed by atoms with Crippen LogP contribution in [0.15, 0.2) is 44.0 Å². The molecule has 28 heavy (non-hydrogen) atoms. The van der Waals surface area contributed by atoms with Crippen molar-refractivity contribution >= 4 is 32.9 Å². The third-order valence-electron chi connectivity index (χ3n) is 4.63. The van der Waals surface area contributed by atoms with E-state index in [9.17, 15) is 14.7 Å². The van der Waals surface area contributed by atoms with Crippen LogP contribution in [0.5, 0.6) is 11.5 Å². The molecule has 0 spiro atoms. The van der Waals surface area contributed by atoms with Crippen LogP contribution in [0.2, 0.25) is 0 Å². The number of methoxy groups -OCH3 is 1. The van der Waals surface area contributed by atoms with Gasteiger partial charge in [0.1, 0.15) is 28.7 Å². The molecule has 0 amide bonds. The minimum atomic E-state index is -1.55. The normalized spacial score (nSPS) is 13.7. The molecule has 1 aromatic heterocycles. The largest absolute Gasteiger partial charge is 1.00 e. The number of benzene rings is 2. The van der Waals surface area contributed by atoms with Crippen LogP contribution in [0.4, 0.5) is 0 Å². The van der Waals surface area contributed by atoms with E-state index in [1.54, 1.807) is 19.2 Å². The number of carboxylic acids is 1. The van der Waals surface area contributed by atoms with Gasteiger partial charge < -0.3 is 23.8 Å². The van der Waals surface area contributed by atoms with Gasteiger partial charge in [-0.1, -0.05) is 0 Å². The molecule has 8 heteroatoms. The molecule has 138 valence electrons. The first-order valence-corrected chi connectivity index (χ1v) is 8.91. The Morgan fingerprint density at radius 2 is 1.86 bits per heavy atom. The van der Waals surface area contributed by atoms with Gasteiger partial charge in [0.15, 0.2) is 11.2 Å². The fourth-order valence-electron chi connectivity index (χ4n) is 3.34. The summed E-state index contributed by atoms with van der Waals surface area (Å²) in [6, 6.07) is 7.93. The summed E-state index contributed by atoms with van der Waals surface area (Å²) in [5, 5.41) is 11.3. The van der Waals surface area contributed by atoms with Crippen LogP contribution in [-0.4, -0.2) is 13.1 Å². The van der Waals surface area contributed by atoms with Gasteiger partial charge in [0.05, 0.1) is 17.0 Å². The van der Waals surface area contributed by atoms with Crippen molar-refractivity contribution in [3.63, 3.8) is 0 Å². The van der Waals surface area contributed by atoms with Crippen LogP contribution in [-0.2, 0) is 5.60 Å². The van der Waals surface area contributed by atoms with E-state index in [-0.39, 0.29) is 40.5 Å². The maximum atomic E-state index is 12.4. The van der Waals surface area contributed by atoms with Gasteiger partial charge >= 0.3 is 29.6 Å². The molecular formula is C20H14BrNaO6. The SMILES string of the molecule is COc1cc2c(cc1Br)-c1cc3c(=O)cc(C(=O)[O-])oc3cc1OC2(C)C.[Na+]. The second-order valence-corrected chi connectivity index (χ2v) is 7.61. The van der Waals surface area contributed by atoms with Crippen molar-refractivity contribution in [2.45, 2.75) is 19.4 Å². The molecule has 0 fully saturated rings. The molecule has 4 rings (SSSR count). The Balaban J connectivity index is 0.00000225. The Kier molecular flexibility index (Phi) is 5.40. The van der Waals surface area contributed by atoms with Crippen molar-refractivity contribution < 1.29 is 53.3 Å². The number of carboxylic acid groups (broad SMARTS) is 1. The summed E-state index contributed by atoms with van der Waals surface area (Å²) >= 11 is 3.50. The molecule has 2 heterocycles. The maximum absolute atomic E-state index is 12.4. The van der Waals surface area contributed by atoms with Crippen LogP contribution in [0.1, 0.15) is 30.0 Å². The summed E-state index contributed by atoms with van der Waals surface area (Å²) < 4.78 is 17.6. The fraction of sp³-hybridized carbons (Fsp3) is 0.200. The molecule has 3 aromatic rings. The fourth-order valence-corrected chi connectivity index (χ4v) is 3.84. The van der Waals surface area contributed by atoms with E-state index in [1.165, 1.54) is 0 Å². The molecular weight excluding hydrogens is 439 g/mol. The Labute approximate surface area is 190 Å². The van der Waals surface area contributed by atoms with E-state index in [2.05, 4.69) is 15.9 Å². The third kappa shape index (κ3) is 3.26. The van der Waals surface area contributed by atoms with Gasteiger partial charge in [-0.25, -0.2) is 0 Å². The monoisotopic (exact) mass is 452 g/mol. The van der Waals surface area contributed by atoms with Crippen molar-refractivity contribution in [3.8, 4) is 22.6 Å². The van der Waals surface area contributed by atoms with E-state index in [4.69, 9.17) is 13.9 Å². The van der Waals surface area contributed by atoms with E-state index < -0.39 is 22.8 Å². The first-order chi connectivity index (χ1) is 12.7. The van der Waals surface area contributed by atoms with E-state index in [0.717, 1.165) is 21.7 Å². The number of rotatable bonds is 2. The first kappa shape index (κ1) is 20.9. The van der Waals surface area contributed by atoms with Crippen LogP contribution < -0.4 is 49.6 Å². The number of fused-ring (bicyclic) bond motifs is 4. The number of aromatic carboxylic acids is 1. The quantitative estimate of drug-likeness (QED) is 0.517. The van der Waals surface area contributed by atoms with E-state index in [1.807, 2.05) is 26.0 Å². The molecule has 0 saturated carbocycles. The molecule has 0 bridgehead atoms. The molecule has 6 nitrogen and oxygen atoms in total. The maximum Gasteiger partial charge on any atom is 1.00 e. The first-order valence-electron chi connectivity index (χ1n) is 8.12.